The number of anilines is 2. The van der Waals surface area contributed by atoms with Gasteiger partial charge in [0.25, 0.3) is 17.7 Å². The molecule has 3 N–H and O–H groups in total. The lowest BCUT2D eigenvalue weighted by molar-refractivity contribution is 0.0951. The lowest BCUT2D eigenvalue weighted by Crippen LogP contribution is -2.24. The fourth-order valence-electron chi connectivity index (χ4n) is 2.38. The van der Waals surface area contributed by atoms with Gasteiger partial charge in [-0.05, 0) is 48.9 Å². The van der Waals surface area contributed by atoms with E-state index in [0.717, 1.165) is 17.8 Å². The lowest BCUT2D eigenvalue weighted by Gasteiger charge is -2.07. The highest BCUT2D eigenvalue weighted by Gasteiger charge is 2.14. The number of hydrogen-bond acceptors (Lipinski definition) is 5. The molecule has 144 valence electrons. The highest BCUT2D eigenvalue weighted by Crippen LogP contribution is 2.24. The Balaban J connectivity index is 1.63. The maximum Gasteiger partial charge on any atom is 0.291 e. The summed E-state index contributed by atoms with van der Waals surface area (Å²) >= 11 is 1.14. The van der Waals surface area contributed by atoms with E-state index in [-0.39, 0.29) is 23.5 Å². The Morgan fingerprint density at radius 2 is 1.82 bits per heavy atom. The van der Waals surface area contributed by atoms with E-state index in [9.17, 15) is 14.4 Å². The number of furan rings is 1. The minimum atomic E-state index is -0.385. The summed E-state index contributed by atoms with van der Waals surface area (Å²) in [6, 6.07) is 13.2. The predicted molar refractivity (Wildman–Crippen MR) is 108 cm³/mol. The zero-order chi connectivity index (χ0) is 19.9. The van der Waals surface area contributed by atoms with Crippen molar-refractivity contribution in [2.24, 2.45) is 0 Å². The second kappa shape index (κ2) is 9.01. The summed E-state index contributed by atoms with van der Waals surface area (Å²) in [6.45, 7) is 2.57. The second-order valence-electron chi connectivity index (χ2n) is 5.89. The quantitative estimate of drug-likeness (QED) is 0.561. The first-order valence-corrected chi connectivity index (χ1v) is 9.52. The fraction of sp³-hybridized carbons (Fsp3) is 0.150. The van der Waals surface area contributed by atoms with Crippen molar-refractivity contribution in [2.45, 2.75) is 13.3 Å². The Kier molecular flexibility index (Phi) is 6.23. The molecule has 0 fully saturated rings. The largest absolute Gasteiger partial charge is 0.459 e. The summed E-state index contributed by atoms with van der Waals surface area (Å²) in [7, 11) is 0. The van der Waals surface area contributed by atoms with Crippen molar-refractivity contribution in [1.82, 2.24) is 5.32 Å². The minimum absolute atomic E-state index is 0.183. The highest BCUT2D eigenvalue weighted by atomic mass is 32.1. The van der Waals surface area contributed by atoms with Gasteiger partial charge in [0, 0.05) is 17.8 Å². The maximum atomic E-state index is 12.5. The molecule has 3 aromatic rings. The third kappa shape index (κ3) is 4.86. The number of amides is 3. The Labute approximate surface area is 165 Å². The smallest absolute Gasteiger partial charge is 0.291 e. The van der Waals surface area contributed by atoms with Crippen molar-refractivity contribution in [3.63, 3.8) is 0 Å². The van der Waals surface area contributed by atoms with Crippen LogP contribution in [0.2, 0.25) is 0 Å². The van der Waals surface area contributed by atoms with Crippen LogP contribution in [0, 0.1) is 0 Å². The Morgan fingerprint density at radius 3 is 2.57 bits per heavy atom. The van der Waals surface area contributed by atoms with Crippen molar-refractivity contribution in [2.75, 3.05) is 17.2 Å². The van der Waals surface area contributed by atoms with E-state index in [0.29, 0.717) is 27.7 Å². The summed E-state index contributed by atoms with van der Waals surface area (Å²) in [6.07, 6.45) is 2.26. The van der Waals surface area contributed by atoms with Gasteiger partial charge in [0.1, 0.15) is 0 Å². The van der Waals surface area contributed by atoms with Gasteiger partial charge in [-0.15, -0.1) is 11.3 Å². The number of benzene rings is 1. The normalized spacial score (nSPS) is 10.3. The van der Waals surface area contributed by atoms with Gasteiger partial charge in [-0.1, -0.05) is 13.0 Å². The van der Waals surface area contributed by atoms with Crippen LogP contribution in [-0.4, -0.2) is 24.3 Å². The molecule has 28 heavy (non-hydrogen) atoms. The van der Waals surface area contributed by atoms with Crippen LogP contribution in [0.4, 0.5) is 10.7 Å². The molecule has 0 spiro atoms. The molecule has 3 amide bonds. The molecule has 0 saturated carbocycles. The zero-order valence-electron chi connectivity index (χ0n) is 15.2. The van der Waals surface area contributed by atoms with Crippen LogP contribution < -0.4 is 16.0 Å². The van der Waals surface area contributed by atoms with Gasteiger partial charge < -0.3 is 20.4 Å². The van der Waals surface area contributed by atoms with E-state index in [2.05, 4.69) is 16.0 Å². The Hall–Kier alpha value is -3.39. The van der Waals surface area contributed by atoms with Gasteiger partial charge in [-0.3, -0.25) is 14.4 Å². The Morgan fingerprint density at radius 1 is 0.964 bits per heavy atom. The van der Waals surface area contributed by atoms with Gasteiger partial charge >= 0.3 is 0 Å². The predicted octanol–water partition coefficient (Wildman–Crippen LogP) is 3.99. The van der Waals surface area contributed by atoms with Crippen molar-refractivity contribution < 1.29 is 18.8 Å². The molecular formula is C20H19N3O4S. The topological polar surface area (TPSA) is 100 Å². The molecule has 1 aromatic carbocycles. The number of carbonyl (C=O) groups is 3. The van der Waals surface area contributed by atoms with Crippen molar-refractivity contribution >= 4 is 39.7 Å². The average Bonchev–Trinajstić information content (AvgIpc) is 3.38. The van der Waals surface area contributed by atoms with Crippen LogP contribution in [0.25, 0.3) is 0 Å². The Bertz CT molecular complexity index is 979. The average molecular weight is 397 g/mol. The van der Waals surface area contributed by atoms with E-state index in [1.165, 1.54) is 6.26 Å². The van der Waals surface area contributed by atoms with Gasteiger partial charge in [0.2, 0.25) is 0 Å². The standard InChI is InChI=1S/C20H19N3O4S/c1-2-10-21-18(24)13-5-3-6-14(12-13)22-20(26)16-8-9-17(28-16)23-19(25)15-7-4-11-27-15/h3-9,11-12H,2,10H2,1H3,(H,21,24)(H,22,26)(H,23,25). The third-order valence-corrected chi connectivity index (χ3v) is 4.73. The number of thiophene rings is 1. The van der Waals surface area contributed by atoms with Gasteiger partial charge in [-0.25, -0.2) is 0 Å². The highest BCUT2D eigenvalue weighted by molar-refractivity contribution is 7.18. The first-order valence-electron chi connectivity index (χ1n) is 8.71. The van der Waals surface area contributed by atoms with Crippen LogP contribution in [-0.2, 0) is 0 Å². The molecule has 7 nitrogen and oxygen atoms in total. The fourth-order valence-corrected chi connectivity index (χ4v) is 3.18. The lowest BCUT2D eigenvalue weighted by atomic mass is 10.2. The number of nitrogens with one attached hydrogen (secondary N) is 3. The van der Waals surface area contributed by atoms with E-state index >= 15 is 0 Å². The summed E-state index contributed by atoms with van der Waals surface area (Å²) in [4.78, 5) is 36.9. The van der Waals surface area contributed by atoms with Crippen LogP contribution in [0.5, 0.6) is 0 Å². The van der Waals surface area contributed by atoms with Crippen molar-refractivity contribution in [3.05, 3.63) is 71.0 Å². The summed E-state index contributed by atoms with van der Waals surface area (Å²) in [5, 5.41) is 8.77. The van der Waals surface area contributed by atoms with Gasteiger partial charge in [-0.2, -0.15) is 0 Å². The molecule has 2 heterocycles. The second-order valence-corrected chi connectivity index (χ2v) is 6.97. The van der Waals surface area contributed by atoms with Crippen LogP contribution in [0.3, 0.4) is 0 Å². The van der Waals surface area contributed by atoms with E-state index in [1.54, 1.807) is 48.5 Å². The zero-order valence-corrected chi connectivity index (χ0v) is 16.0. The molecule has 0 atom stereocenters. The molecule has 8 heteroatoms. The summed E-state index contributed by atoms with van der Waals surface area (Å²) in [5.74, 6) is -0.700. The number of rotatable bonds is 7. The molecule has 0 aliphatic carbocycles. The van der Waals surface area contributed by atoms with Crippen LogP contribution >= 0.6 is 11.3 Å². The van der Waals surface area contributed by atoms with Gasteiger partial charge in [0.15, 0.2) is 5.76 Å². The number of hydrogen-bond donors (Lipinski definition) is 3. The maximum absolute atomic E-state index is 12.5. The van der Waals surface area contributed by atoms with Crippen LogP contribution in [0.1, 0.15) is 43.9 Å². The monoisotopic (exact) mass is 397 g/mol. The van der Waals surface area contributed by atoms with Gasteiger partial charge in [0.05, 0.1) is 16.1 Å². The first kappa shape index (κ1) is 19.4. The van der Waals surface area contributed by atoms with E-state index < -0.39 is 0 Å². The van der Waals surface area contributed by atoms with Crippen molar-refractivity contribution in [1.29, 1.82) is 0 Å². The van der Waals surface area contributed by atoms with Crippen molar-refractivity contribution in [3.8, 4) is 0 Å². The van der Waals surface area contributed by atoms with Crippen LogP contribution in [0.15, 0.2) is 59.2 Å². The molecular weight excluding hydrogens is 378 g/mol. The molecule has 0 aliphatic rings. The molecule has 3 rings (SSSR count). The third-order valence-electron chi connectivity index (χ3n) is 3.73. The molecule has 0 bridgehead atoms. The summed E-state index contributed by atoms with van der Waals surface area (Å²) in [5.41, 5.74) is 0.993. The molecule has 0 radical (unpaired) electrons. The molecule has 0 saturated heterocycles. The first-order chi connectivity index (χ1) is 13.6. The summed E-state index contributed by atoms with van der Waals surface area (Å²) < 4.78 is 5.04. The molecule has 0 aliphatic heterocycles. The molecule has 0 unspecified atom stereocenters. The number of carbonyl (C=O) groups excluding carboxylic acids is 3. The SMILES string of the molecule is CCCNC(=O)c1cccc(NC(=O)c2ccc(NC(=O)c3ccco3)s2)c1. The molecule has 2 aromatic heterocycles. The minimum Gasteiger partial charge on any atom is -0.459 e. The van der Waals surface area contributed by atoms with E-state index in [4.69, 9.17) is 4.42 Å². The van der Waals surface area contributed by atoms with E-state index in [1.807, 2.05) is 6.92 Å².